The Balaban J connectivity index is 1.71. The van der Waals surface area contributed by atoms with Crippen LogP contribution in [-0.4, -0.2) is 61.1 Å². The lowest BCUT2D eigenvalue weighted by molar-refractivity contribution is 0.118. The summed E-state index contributed by atoms with van der Waals surface area (Å²) in [6.45, 7) is 6.37. The summed E-state index contributed by atoms with van der Waals surface area (Å²) < 4.78 is 10.7. The topological polar surface area (TPSA) is 106 Å². The Morgan fingerprint density at radius 2 is 1.82 bits per heavy atom. The number of aliphatic hydroxyl groups is 1. The maximum Gasteiger partial charge on any atom is 0.227 e. The van der Waals surface area contributed by atoms with E-state index in [0.29, 0.717) is 35.9 Å². The van der Waals surface area contributed by atoms with Gasteiger partial charge < -0.3 is 30.5 Å². The van der Waals surface area contributed by atoms with Crippen molar-refractivity contribution in [3.63, 3.8) is 0 Å². The standard InChI is InChI=1S/C20H31N5O3/c1-12(2)16(26)11-22-13-5-7-25(8-6-13)20-23-15-10-18(28-4)17(27-3)9-14(15)19(21)24-20/h9-10,12-13,16,22,26H,5-8,11H2,1-4H3,(H2,21,23,24). The fraction of sp³-hybridized carbons (Fsp3) is 0.600. The third kappa shape index (κ3) is 4.39. The maximum absolute atomic E-state index is 9.97. The van der Waals surface area contributed by atoms with Crippen LogP contribution in [0.15, 0.2) is 12.1 Å². The number of nitrogens with zero attached hydrogens (tertiary/aromatic N) is 3. The van der Waals surface area contributed by atoms with Crippen molar-refractivity contribution in [1.29, 1.82) is 0 Å². The zero-order valence-corrected chi connectivity index (χ0v) is 17.1. The van der Waals surface area contributed by atoms with E-state index in [4.69, 9.17) is 20.2 Å². The molecular weight excluding hydrogens is 358 g/mol. The second kappa shape index (κ2) is 8.79. The van der Waals surface area contributed by atoms with Crippen molar-refractivity contribution >= 4 is 22.7 Å². The molecule has 1 atom stereocenters. The molecule has 3 rings (SSSR count). The smallest absolute Gasteiger partial charge is 0.227 e. The third-order valence-electron chi connectivity index (χ3n) is 5.38. The average Bonchev–Trinajstić information content (AvgIpc) is 2.71. The summed E-state index contributed by atoms with van der Waals surface area (Å²) in [4.78, 5) is 11.4. The molecule has 8 heteroatoms. The lowest BCUT2D eigenvalue weighted by atomic mass is 10.0. The molecule has 8 nitrogen and oxygen atoms in total. The van der Waals surface area contributed by atoms with Gasteiger partial charge in [0.15, 0.2) is 11.5 Å². The fourth-order valence-electron chi connectivity index (χ4n) is 3.41. The number of hydrogen-bond acceptors (Lipinski definition) is 8. The van der Waals surface area contributed by atoms with Crippen LogP contribution in [0.5, 0.6) is 11.5 Å². The van der Waals surface area contributed by atoms with E-state index in [0.717, 1.165) is 36.8 Å². The molecule has 0 amide bonds. The van der Waals surface area contributed by atoms with E-state index in [1.54, 1.807) is 14.2 Å². The second-order valence-electron chi connectivity index (χ2n) is 7.61. The predicted molar refractivity (Wildman–Crippen MR) is 111 cm³/mol. The number of piperidine rings is 1. The van der Waals surface area contributed by atoms with Crippen molar-refractivity contribution < 1.29 is 14.6 Å². The Labute approximate surface area is 166 Å². The average molecular weight is 390 g/mol. The van der Waals surface area contributed by atoms with Gasteiger partial charge in [0.05, 0.1) is 25.8 Å². The molecule has 28 heavy (non-hydrogen) atoms. The van der Waals surface area contributed by atoms with Gasteiger partial charge in [-0.3, -0.25) is 0 Å². The number of hydrogen-bond donors (Lipinski definition) is 3. The Morgan fingerprint density at radius 1 is 1.18 bits per heavy atom. The van der Waals surface area contributed by atoms with Gasteiger partial charge in [0.2, 0.25) is 5.95 Å². The van der Waals surface area contributed by atoms with Crippen LogP contribution < -0.4 is 25.4 Å². The van der Waals surface area contributed by atoms with E-state index in [1.807, 2.05) is 26.0 Å². The summed E-state index contributed by atoms with van der Waals surface area (Å²) >= 11 is 0. The van der Waals surface area contributed by atoms with E-state index in [-0.39, 0.29) is 12.0 Å². The molecule has 2 heterocycles. The van der Waals surface area contributed by atoms with Gasteiger partial charge in [-0.1, -0.05) is 13.8 Å². The predicted octanol–water partition coefficient (Wildman–Crippen LogP) is 1.80. The minimum Gasteiger partial charge on any atom is -0.493 e. The van der Waals surface area contributed by atoms with Crippen molar-refractivity contribution in [3.05, 3.63) is 12.1 Å². The van der Waals surface area contributed by atoms with Crippen LogP contribution >= 0.6 is 0 Å². The number of ether oxygens (including phenoxy) is 2. The molecule has 0 radical (unpaired) electrons. The van der Waals surface area contributed by atoms with Gasteiger partial charge in [0, 0.05) is 37.1 Å². The number of aliphatic hydroxyl groups excluding tert-OH is 1. The largest absolute Gasteiger partial charge is 0.493 e. The number of rotatable bonds is 7. The number of aromatic nitrogens is 2. The van der Waals surface area contributed by atoms with E-state index >= 15 is 0 Å². The molecule has 1 aliphatic heterocycles. The quantitative estimate of drug-likeness (QED) is 0.658. The third-order valence-corrected chi connectivity index (χ3v) is 5.38. The number of nitrogens with one attached hydrogen (secondary N) is 1. The SMILES string of the molecule is COc1cc2nc(N3CCC(NCC(O)C(C)C)CC3)nc(N)c2cc1OC. The second-order valence-corrected chi connectivity index (χ2v) is 7.61. The number of methoxy groups -OCH3 is 2. The zero-order chi connectivity index (χ0) is 20.3. The first-order chi connectivity index (χ1) is 13.4. The van der Waals surface area contributed by atoms with Crippen LogP contribution in [0.25, 0.3) is 10.9 Å². The van der Waals surface area contributed by atoms with E-state index in [9.17, 15) is 5.11 Å². The Morgan fingerprint density at radius 3 is 2.43 bits per heavy atom. The fourth-order valence-corrected chi connectivity index (χ4v) is 3.41. The van der Waals surface area contributed by atoms with Gasteiger partial charge >= 0.3 is 0 Å². The lowest BCUT2D eigenvalue weighted by Gasteiger charge is -2.33. The molecule has 1 fully saturated rings. The summed E-state index contributed by atoms with van der Waals surface area (Å²) in [5.41, 5.74) is 6.94. The molecule has 0 aliphatic carbocycles. The molecule has 1 aromatic heterocycles. The maximum atomic E-state index is 9.97. The molecule has 0 saturated carbocycles. The van der Waals surface area contributed by atoms with Crippen LogP contribution in [0, 0.1) is 5.92 Å². The summed E-state index contributed by atoms with van der Waals surface area (Å²) in [7, 11) is 3.19. The monoisotopic (exact) mass is 389 g/mol. The summed E-state index contributed by atoms with van der Waals surface area (Å²) in [5.74, 6) is 2.55. The Hall–Kier alpha value is -2.32. The molecule has 1 aromatic carbocycles. The molecular formula is C20H31N5O3. The van der Waals surface area contributed by atoms with Crippen LogP contribution in [0.3, 0.4) is 0 Å². The highest BCUT2D eigenvalue weighted by Crippen LogP contribution is 2.34. The van der Waals surface area contributed by atoms with Crippen LogP contribution in [0.1, 0.15) is 26.7 Å². The number of fused-ring (bicyclic) bond motifs is 1. The highest BCUT2D eigenvalue weighted by molar-refractivity contribution is 5.91. The normalized spacial score (nSPS) is 16.6. The van der Waals surface area contributed by atoms with Gasteiger partial charge in [-0.25, -0.2) is 4.98 Å². The first-order valence-electron chi connectivity index (χ1n) is 9.78. The van der Waals surface area contributed by atoms with Crippen molar-refractivity contribution in [1.82, 2.24) is 15.3 Å². The molecule has 1 aliphatic rings. The van der Waals surface area contributed by atoms with E-state index in [2.05, 4.69) is 15.2 Å². The van der Waals surface area contributed by atoms with Crippen molar-refractivity contribution in [3.8, 4) is 11.5 Å². The highest BCUT2D eigenvalue weighted by Gasteiger charge is 2.23. The van der Waals surface area contributed by atoms with Gasteiger partial charge in [0.1, 0.15) is 5.82 Å². The first kappa shape index (κ1) is 20.4. The Bertz CT molecular complexity index is 806. The van der Waals surface area contributed by atoms with Crippen molar-refractivity contribution in [2.24, 2.45) is 5.92 Å². The van der Waals surface area contributed by atoms with Gasteiger partial charge in [0.25, 0.3) is 0 Å². The highest BCUT2D eigenvalue weighted by atomic mass is 16.5. The van der Waals surface area contributed by atoms with Crippen LogP contribution in [-0.2, 0) is 0 Å². The van der Waals surface area contributed by atoms with Gasteiger partial charge in [-0.05, 0) is 24.8 Å². The number of nitrogen functional groups attached to an aromatic ring is 1. The minimum atomic E-state index is -0.311. The molecule has 2 aromatic rings. The van der Waals surface area contributed by atoms with Gasteiger partial charge in [-0.2, -0.15) is 4.98 Å². The lowest BCUT2D eigenvalue weighted by Crippen LogP contribution is -2.45. The first-order valence-corrected chi connectivity index (χ1v) is 9.78. The van der Waals surface area contributed by atoms with E-state index in [1.165, 1.54) is 0 Å². The number of anilines is 2. The van der Waals surface area contributed by atoms with Crippen LogP contribution in [0.2, 0.25) is 0 Å². The van der Waals surface area contributed by atoms with Crippen molar-refractivity contribution in [2.75, 3.05) is 44.5 Å². The van der Waals surface area contributed by atoms with E-state index < -0.39 is 0 Å². The summed E-state index contributed by atoms with van der Waals surface area (Å²) in [6.07, 6.45) is 1.63. The number of nitrogens with two attached hydrogens (primary N) is 1. The molecule has 154 valence electrons. The number of benzene rings is 1. The minimum absolute atomic E-state index is 0.261. The zero-order valence-electron chi connectivity index (χ0n) is 17.1. The molecule has 0 bridgehead atoms. The molecule has 1 saturated heterocycles. The molecule has 0 spiro atoms. The van der Waals surface area contributed by atoms with Crippen LogP contribution in [0.4, 0.5) is 11.8 Å². The molecule has 1 unspecified atom stereocenters. The van der Waals surface area contributed by atoms with Gasteiger partial charge in [-0.15, -0.1) is 0 Å². The summed E-state index contributed by atoms with van der Waals surface area (Å²) in [6, 6.07) is 4.03. The summed E-state index contributed by atoms with van der Waals surface area (Å²) in [5, 5.41) is 14.2. The Kier molecular flexibility index (Phi) is 6.41. The molecule has 4 N–H and O–H groups in total. The van der Waals surface area contributed by atoms with Crippen molar-refractivity contribution in [2.45, 2.75) is 38.8 Å².